The standard InChI is InChI=1S/C24H19N3O6S/c1-14(2)32-23(29)15-7-10-18-21(13-15)34-24(25-18)26-22(28)12-9-16-8-11-20(33-16)17-5-3-4-6-19(17)27(30)31/h3-14H,1-2H3,(H,25,26,28)/b12-9+. The zero-order valence-corrected chi connectivity index (χ0v) is 19.0. The Kier molecular flexibility index (Phi) is 6.51. The van der Waals surface area contributed by atoms with Crippen molar-refractivity contribution in [1.82, 2.24) is 4.98 Å². The molecule has 0 aliphatic rings. The fourth-order valence-corrected chi connectivity index (χ4v) is 4.03. The molecule has 10 heteroatoms. The maximum atomic E-state index is 12.3. The Morgan fingerprint density at radius 1 is 1.18 bits per heavy atom. The van der Waals surface area contributed by atoms with E-state index in [4.69, 9.17) is 9.15 Å². The number of anilines is 1. The Balaban J connectivity index is 1.44. The van der Waals surface area contributed by atoms with Crippen LogP contribution in [0.25, 0.3) is 27.6 Å². The van der Waals surface area contributed by atoms with Gasteiger partial charge in [0.15, 0.2) is 5.13 Å². The molecule has 34 heavy (non-hydrogen) atoms. The molecule has 0 bridgehead atoms. The summed E-state index contributed by atoms with van der Waals surface area (Å²) in [6.45, 7) is 3.55. The number of nitrogens with zero attached hydrogens (tertiary/aromatic N) is 2. The Morgan fingerprint density at radius 3 is 2.74 bits per heavy atom. The zero-order chi connectivity index (χ0) is 24.2. The van der Waals surface area contributed by atoms with Crippen LogP contribution < -0.4 is 5.32 Å². The van der Waals surface area contributed by atoms with Gasteiger partial charge < -0.3 is 9.15 Å². The normalized spacial score (nSPS) is 11.3. The minimum atomic E-state index is -0.477. The van der Waals surface area contributed by atoms with Crippen LogP contribution in [-0.4, -0.2) is 27.9 Å². The number of nitro benzene ring substituents is 1. The molecule has 0 aliphatic carbocycles. The van der Waals surface area contributed by atoms with E-state index in [1.54, 1.807) is 62.4 Å². The molecular formula is C24H19N3O6S. The monoisotopic (exact) mass is 477 g/mol. The molecule has 0 spiro atoms. The number of ether oxygens (including phenoxy) is 1. The largest absolute Gasteiger partial charge is 0.459 e. The fraction of sp³-hybridized carbons (Fsp3) is 0.125. The minimum Gasteiger partial charge on any atom is -0.459 e. The lowest BCUT2D eigenvalue weighted by Crippen LogP contribution is -2.11. The Morgan fingerprint density at radius 2 is 1.97 bits per heavy atom. The van der Waals surface area contributed by atoms with E-state index in [1.165, 1.54) is 29.6 Å². The van der Waals surface area contributed by atoms with Crippen LogP contribution in [0.3, 0.4) is 0 Å². The van der Waals surface area contributed by atoms with Gasteiger partial charge >= 0.3 is 5.97 Å². The third kappa shape index (κ3) is 5.18. The van der Waals surface area contributed by atoms with Gasteiger partial charge in [0.05, 0.1) is 32.4 Å². The number of rotatable bonds is 7. The van der Waals surface area contributed by atoms with Crippen molar-refractivity contribution in [2.24, 2.45) is 0 Å². The van der Waals surface area contributed by atoms with Gasteiger partial charge in [-0.1, -0.05) is 23.5 Å². The molecule has 172 valence electrons. The summed E-state index contributed by atoms with van der Waals surface area (Å²) in [5.74, 6) is -0.161. The van der Waals surface area contributed by atoms with Crippen LogP contribution in [0, 0.1) is 10.1 Å². The number of carbonyl (C=O) groups is 2. The van der Waals surface area contributed by atoms with Crippen molar-refractivity contribution in [3.05, 3.63) is 82.1 Å². The van der Waals surface area contributed by atoms with Crippen LogP contribution in [-0.2, 0) is 9.53 Å². The molecule has 9 nitrogen and oxygen atoms in total. The molecule has 2 aromatic carbocycles. The number of carbonyl (C=O) groups excluding carboxylic acids is 2. The Labute approximate surface area is 197 Å². The van der Waals surface area contributed by atoms with E-state index in [1.807, 2.05) is 0 Å². The summed E-state index contributed by atoms with van der Waals surface area (Å²) in [7, 11) is 0. The Hall–Kier alpha value is -4.31. The molecule has 0 atom stereocenters. The first-order valence-corrected chi connectivity index (χ1v) is 11.1. The summed E-state index contributed by atoms with van der Waals surface area (Å²) in [5, 5.41) is 14.3. The van der Waals surface area contributed by atoms with Crippen molar-refractivity contribution in [3.63, 3.8) is 0 Å². The number of para-hydroxylation sites is 1. The molecule has 2 heterocycles. The predicted molar refractivity (Wildman–Crippen MR) is 129 cm³/mol. The number of thiazole rings is 1. The van der Waals surface area contributed by atoms with Crippen molar-refractivity contribution in [2.75, 3.05) is 5.32 Å². The van der Waals surface area contributed by atoms with E-state index in [-0.39, 0.29) is 11.8 Å². The number of fused-ring (bicyclic) bond motifs is 1. The summed E-state index contributed by atoms with van der Waals surface area (Å²) >= 11 is 1.23. The second-order valence-corrected chi connectivity index (χ2v) is 8.49. The van der Waals surface area contributed by atoms with Crippen LogP contribution in [0.2, 0.25) is 0 Å². The molecule has 0 fully saturated rings. The number of aromatic nitrogens is 1. The van der Waals surface area contributed by atoms with E-state index < -0.39 is 16.8 Å². The molecule has 1 amide bonds. The van der Waals surface area contributed by atoms with Crippen LogP contribution in [0.5, 0.6) is 0 Å². The quantitative estimate of drug-likeness (QED) is 0.157. The van der Waals surface area contributed by atoms with Crippen LogP contribution >= 0.6 is 11.3 Å². The lowest BCUT2D eigenvalue weighted by molar-refractivity contribution is -0.384. The van der Waals surface area contributed by atoms with E-state index in [2.05, 4.69) is 10.3 Å². The molecule has 0 saturated carbocycles. The highest BCUT2D eigenvalue weighted by atomic mass is 32.1. The highest BCUT2D eigenvalue weighted by Gasteiger charge is 2.17. The molecule has 0 aliphatic heterocycles. The van der Waals surface area contributed by atoms with Gasteiger partial charge in [-0.15, -0.1) is 0 Å². The number of nitrogens with one attached hydrogen (secondary N) is 1. The molecule has 0 saturated heterocycles. The maximum absolute atomic E-state index is 12.3. The molecule has 4 aromatic rings. The molecular weight excluding hydrogens is 458 g/mol. The first kappa shape index (κ1) is 22.9. The van der Waals surface area contributed by atoms with Crippen molar-refractivity contribution in [3.8, 4) is 11.3 Å². The van der Waals surface area contributed by atoms with Gasteiger partial charge in [-0.25, -0.2) is 9.78 Å². The Bertz CT molecular complexity index is 1420. The number of hydrogen-bond donors (Lipinski definition) is 1. The molecule has 1 N–H and O–H groups in total. The lowest BCUT2D eigenvalue weighted by atomic mass is 10.1. The average molecular weight is 477 g/mol. The lowest BCUT2D eigenvalue weighted by Gasteiger charge is -2.07. The highest BCUT2D eigenvalue weighted by Crippen LogP contribution is 2.31. The summed E-state index contributed by atoms with van der Waals surface area (Å²) in [6, 6.07) is 14.5. The van der Waals surface area contributed by atoms with Crippen molar-refractivity contribution < 1.29 is 23.7 Å². The molecule has 4 rings (SSSR count). The van der Waals surface area contributed by atoms with Crippen molar-refractivity contribution >= 4 is 50.3 Å². The highest BCUT2D eigenvalue weighted by molar-refractivity contribution is 7.22. The van der Waals surface area contributed by atoms with Gasteiger partial charge in [-0.05, 0) is 56.3 Å². The fourth-order valence-electron chi connectivity index (χ4n) is 3.12. The number of nitro groups is 1. The third-order valence-electron chi connectivity index (χ3n) is 4.59. The summed E-state index contributed by atoms with van der Waals surface area (Å²) in [4.78, 5) is 39.5. The number of hydrogen-bond acceptors (Lipinski definition) is 8. The smallest absolute Gasteiger partial charge is 0.338 e. The van der Waals surface area contributed by atoms with Gasteiger partial charge in [-0.2, -0.15) is 0 Å². The first-order valence-electron chi connectivity index (χ1n) is 10.2. The zero-order valence-electron chi connectivity index (χ0n) is 18.2. The van der Waals surface area contributed by atoms with E-state index in [9.17, 15) is 19.7 Å². The SMILES string of the molecule is CC(C)OC(=O)c1ccc2nc(NC(=O)/C=C/c3ccc(-c4ccccc4[N+](=O)[O-])o3)sc2c1. The van der Waals surface area contributed by atoms with Crippen molar-refractivity contribution in [1.29, 1.82) is 0 Å². The number of benzene rings is 2. The molecule has 0 unspecified atom stereocenters. The van der Waals surface area contributed by atoms with E-state index in [0.717, 1.165) is 4.70 Å². The minimum absolute atomic E-state index is 0.0680. The van der Waals surface area contributed by atoms with Gasteiger partial charge in [-0.3, -0.25) is 20.2 Å². The summed E-state index contributed by atoms with van der Waals surface area (Å²) in [6.07, 6.45) is 2.51. The third-order valence-corrected chi connectivity index (χ3v) is 5.52. The summed E-state index contributed by atoms with van der Waals surface area (Å²) in [5.41, 5.74) is 1.34. The maximum Gasteiger partial charge on any atom is 0.338 e. The summed E-state index contributed by atoms with van der Waals surface area (Å²) < 4.78 is 11.6. The first-order chi connectivity index (χ1) is 16.3. The number of furan rings is 1. The van der Waals surface area contributed by atoms with Gasteiger partial charge in [0.2, 0.25) is 5.91 Å². The van der Waals surface area contributed by atoms with Crippen LogP contribution in [0.1, 0.15) is 30.0 Å². The second kappa shape index (κ2) is 9.67. The molecule has 0 radical (unpaired) electrons. The predicted octanol–water partition coefficient (Wildman–Crippen LogP) is 5.68. The molecule has 2 aromatic heterocycles. The van der Waals surface area contributed by atoms with Crippen molar-refractivity contribution in [2.45, 2.75) is 20.0 Å². The van der Waals surface area contributed by atoms with Crippen LogP contribution in [0.4, 0.5) is 10.8 Å². The van der Waals surface area contributed by atoms with Crippen LogP contribution in [0.15, 0.2) is 65.1 Å². The number of amides is 1. The van der Waals surface area contributed by atoms with Gasteiger partial charge in [0, 0.05) is 12.1 Å². The second-order valence-electron chi connectivity index (χ2n) is 7.45. The van der Waals surface area contributed by atoms with Gasteiger partial charge in [0.25, 0.3) is 5.69 Å². The van der Waals surface area contributed by atoms with E-state index >= 15 is 0 Å². The van der Waals surface area contributed by atoms with E-state index in [0.29, 0.717) is 33.3 Å². The topological polar surface area (TPSA) is 125 Å². The average Bonchev–Trinajstić information content (AvgIpc) is 3.43. The number of esters is 1. The van der Waals surface area contributed by atoms with Gasteiger partial charge in [0.1, 0.15) is 11.5 Å².